The number of halogens is 3. The van der Waals surface area contributed by atoms with E-state index in [1.807, 2.05) is 4.98 Å². The molecule has 0 aliphatic heterocycles. The van der Waals surface area contributed by atoms with Crippen molar-refractivity contribution in [3.63, 3.8) is 0 Å². The summed E-state index contributed by atoms with van der Waals surface area (Å²) in [6.45, 7) is -0.460. The highest BCUT2D eigenvalue weighted by Crippen LogP contribution is 2.18. The molecule has 8 nitrogen and oxygen atoms in total. The fourth-order valence-electron chi connectivity index (χ4n) is 1.63. The number of imidazole rings is 1. The molecule has 1 amide bonds. The fourth-order valence-corrected chi connectivity index (χ4v) is 1.63. The molecule has 0 radical (unpaired) electrons. The van der Waals surface area contributed by atoms with Gasteiger partial charge in [0.1, 0.15) is 6.54 Å². The first-order valence-electron chi connectivity index (χ1n) is 5.24. The molecule has 2 rings (SSSR count). The second-order valence-corrected chi connectivity index (χ2v) is 3.92. The summed E-state index contributed by atoms with van der Waals surface area (Å²) in [5.74, 6) is -0.806. The molecule has 0 aromatic carbocycles. The lowest BCUT2D eigenvalue weighted by Gasteiger charge is -2.06. The SMILES string of the molecule is CC(=O)Nc1nc2[nH]c(=O)n(CC(F)(F)F)c2c(=O)[nH]1. The lowest BCUT2D eigenvalue weighted by atomic mass is 10.5. The quantitative estimate of drug-likeness (QED) is 0.719. The van der Waals surface area contributed by atoms with Gasteiger partial charge >= 0.3 is 11.9 Å². The van der Waals surface area contributed by atoms with Gasteiger partial charge in [-0.05, 0) is 0 Å². The summed E-state index contributed by atoms with van der Waals surface area (Å²) in [5.41, 5.74) is -2.97. The summed E-state index contributed by atoms with van der Waals surface area (Å²) >= 11 is 0. The minimum Gasteiger partial charge on any atom is -0.296 e. The van der Waals surface area contributed by atoms with E-state index in [4.69, 9.17) is 0 Å². The van der Waals surface area contributed by atoms with Crippen molar-refractivity contribution in [3.8, 4) is 0 Å². The molecule has 0 aliphatic rings. The molecule has 2 aromatic heterocycles. The van der Waals surface area contributed by atoms with Gasteiger partial charge in [0, 0.05) is 6.92 Å². The molecule has 0 saturated heterocycles. The van der Waals surface area contributed by atoms with E-state index in [9.17, 15) is 27.6 Å². The van der Waals surface area contributed by atoms with Gasteiger partial charge in [0.15, 0.2) is 11.2 Å². The molecule has 0 aliphatic carbocycles. The summed E-state index contributed by atoms with van der Waals surface area (Å²) in [7, 11) is 0. The number of nitrogens with one attached hydrogen (secondary N) is 3. The third kappa shape index (κ3) is 2.70. The number of anilines is 1. The molecule has 0 spiro atoms. The molecule has 0 bridgehead atoms. The van der Waals surface area contributed by atoms with Crippen LogP contribution in [-0.2, 0) is 11.3 Å². The first kappa shape index (κ1) is 13.8. The van der Waals surface area contributed by atoms with E-state index in [-0.39, 0.29) is 16.2 Å². The standard InChI is InChI=1S/C9H8F3N5O3/c1-3(18)13-7-14-5-4(6(19)16-7)17(8(20)15-5)2-9(10,11)12/h2H2,1H3,(H3,13,14,15,16,18,19,20). The van der Waals surface area contributed by atoms with Crippen LogP contribution in [0.3, 0.4) is 0 Å². The largest absolute Gasteiger partial charge is 0.406 e. The number of H-pyrrole nitrogens is 2. The topological polar surface area (TPSA) is 113 Å². The van der Waals surface area contributed by atoms with Gasteiger partial charge in [-0.2, -0.15) is 18.2 Å². The molecule has 3 N–H and O–H groups in total. The van der Waals surface area contributed by atoms with E-state index >= 15 is 0 Å². The van der Waals surface area contributed by atoms with Crippen LogP contribution in [0.2, 0.25) is 0 Å². The maximum absolute atomic E-state index is 12.3. The number of hydrogen-bond donors (Lipinski definition) is 3. The molecule has 11 heteroatoms. The monoisotopic (exact) mass is 291 g/mol. The molecule has 20 heavy (non-hydrogen) atoms. The third-order valence-corrected chi connectivity index (χ3v) is 2.27. The zero-order valence-electron chi connectivity index (χ0n) is 9.96. The summed E-state index contributed by atoms with van der Waals surface area (Å²) in [5, 5.41) is 2.16. The molecule has 2 heterocycles. The highest BCUT2D eigenvalue weighted by Gasteiger charge is 2.30. The van der Waals surface area contributed by atoms with Gasteiger partial charge in [-0.1, -0.05) is 0 Å². The van der Waals surface area contributed by atoms with Crippen LogP contribution in [0.5, 0.6) is 0 Å². The number of nitrogens with zero attached hydrogens (tertiary/aromatic N) is 2. The average Bonchev–Trinajstić information content (AvgIpc) is 2.52. The van der Waals surface area contributed by atoms with Gasteiger partial charge in [0.2, 0.25) is 11.9 Å². The molecule has 0 saturated carbocycles. The highest BCUT2D eigenvalue weighted by atomic mass is 19.4. The number of carbonyl (C=O) groups is 1. The van der Waals surface area contributed by atoms with Crippen LogP contribution in [0.15, 0.2) is 9.59 Å². The Morgan fingerprint density at radius 3 is 2.55 bits per heavy atom. The van der Waals surface area contributed by atoms with E-state index in [2.05, 4.69) is 15.3 Å². The Bertz CT molecular complexity index is 785. The molecule has 0 unspecified atom stereocenters. The van der Waals surface area contributed by atoms with Crippen molar-refractivity contribution in [1.82, 2.24) is 19.5 Å². The highest BCUT2D eigenvalue weighted by molar-refractivity contribution is 5.87. The normalized spacial score (nSPS) is 11.8. The molecule has 2 aromatic rings. The van der Waals surface area contributed by atoms with Crippen molar-refractivity contribution in [2.45, 2.75) is 19.6 Å². The third-order valence-electron chi connectivity index (χ3n) is 2.27. The molecule has 108 valence electrons. The number of fused-ring (bicyclic) bond motifs is 1. The second-order valence-electron chi connectivity index (χ2n) is 3.92. The molecular weight excluding hydrogens is 283 g/mol. The maximum atomic E-state index is 12.3. The number of amides is 1. The smallest absolute Gasteiger partial charge is 0.296 e. The minimum absolute atomic E-state index is 0.235. The van der Waals surface area contributed by atoms with Crippen molar-refractivity contribution in [2.24, 2.45) is 0 Å². The summed E-state index contributed by atoms with van der Waals surface area (Å²) < 4.78 is 37.3. The Morgan fingerprint density at radius 1 is 1.35 bits per heavy atom. The molecule has 0 atom stereocenters. The van der Waals surface area contributed by atoms with E-state index in [1.165, 1.54) is 0 Å². The summed E-state index contributed by atoms with van der Waals surface area (Å²) in [6.07, 6.45) is -4.66. The van der Waals surface area contributed by atoms with Crippen LogP contribution >= 0.6 is 0 Å². The number of rotatable bonds is 2. The van der Waals surface area contributed by atoms with Crippen molar-refractivity contribution >= 4 is 23.0 Å². The first-order chi connectivity index (χ1) is 9.17. The van der Waals surface area contributed by atoms with E-state index in [0.717, 1.165) is 6.92 Å². The van der Waals surface area contributed by atoms with Crippen LogP contribution in [0.25, 0.3) is 11.2 Å². The van der Waals surface area contributed by atoms with Crippen LogP contribution in [0.4, 0.5) is 19.1 Å². The number of aromatic nitrogens is 4. The van der Waals surface area contributed by atoms with Gasteiger partial charge in [0.25, 0.3) is 5.56 Å². The van der Waals surface area contributed by atoms with E-state index < -0.39 is 35.4 Å². The number of hydrogen-bond acceptors (Lipinski definition) is 4. The minimum atomic E-state index is -4.66. The predicted octanol–water partition coefficient (Wildman–Crippen LogP) is -0.0664. The van der Waals surface area contributed by atoms with Gasteiger partial charge < -0.3 is 0 Å². The Balaban J connectivity index is 2.63. The van der Waals surface area contributed by atoms with Crippen LogP contribution < -0.4 is 16.6 Å². The Hall–Kier alpha value is -2.59. The van der Waals surface area contributed by atoms with Crippen molar-refractivity contribution in [3.05, 3.63) is 20.8 Å². The van der Waals surface area contributed by atoms with Crippen LogP contribution in [-0.4, -0.2) is 31.6 Å². The van der Waals surface area contributed by atoms with Crippen molar-refractivity contribution < 1.29 is 18.0 Å². The zero-order chi connectivity index (χ0) is 15.1. The van der Waals surface area contributed by atoms with Crippen molar-refractivity contribution in [2.75, 3.05) is 5.32 Å². The van der Waals surface area contributed by atoms with Gasteiger partial charge in [-0.3, -0.25) is 29.4 Å². The Kier molecular flexibility index (Phi) is 3.12. The lowest BCUT2D eigenvalue weighted by molar-refractivity contribution is -0.140. The molecular formula is C9H8F3N5O3. The maximum Gasteiger partial charge on any atom is 0.406 e. The van der Waals surface area contributed by atoms with Gasteiger partial charge in [-0.25, -0.2) is 4.79 Å². The average molecular weight is 291 g/mol. The zero-order valence-corrected chi connectivity index (χ0v) is 9.96. The summed E-state index contributed by atoms with van der Waals surface area (Å²) in [4.78, 5) is 41.7. The van der Waals surface area contributed by atoms with E-state index in [1.54, 1.807) is 0 Å². The second kappa shape index (κ2) is 4.51. The number of carbonyl (C=O) groups excluding carboxylic acids is 1. The van der Waals surface area contributed by atoms with Gasteiger partial charge in [-0.15, -0.1) is 0 Å². The number of alkyl halides is 3. The van der Waals surface area contributed by atoms with Gasteiger partial charge in [0.05, 0.1) is 0 Å². The molecule has 0 fully saturated rings. The Morgan fingerprint density at radius 2 is 2.00 bits per heavy atom. The van der Waals surface area contributed by atoms with E-state index in [0.29, 0.717) is 0 Å². The predicted molar refractivity (Wildman–Crippen MR) is 61.3 cm³/mol. The first-order valence-corrected chi connectivity index (χ1v) is 5.24. The van der Waals surface area contributed by atoms with Crippen molar-refractivity contribution in [1.29, 1.82) is 0 Å². The Labute approximate surface area is 107 Å². The van der Waals surface area contributed by atoms with Crippen LogP contribution in [0, 0.1) is 0 Å². The lowest BCUT2D eigenvalue weighted by Crippen LogP contribution is -2.28. The fraction of sp³-hybridized carbons (Fsp3) is 0.333. The summed E-state index contributed by atoms with van der Waals surface area (Å²) in [6, 6.07) is 0. The number of aromatic amines is 2. The van der Waals surface area contributed by atoms with Crippen LogP contribution in [0.1, 0.15) is 6.92 Å².